The van der Waals surface area contributed by atoms with Crippen LogP contribution in [0.4, 0.5) is 0 Å². The Bertz CT molecular complexity index is 380. The third kappa shape index (κ3) is 3.47. The van der Waals surface area contributed by atoms with E-state index in [0.29, 0.717) is 13.2 Å². The Morgan fingerprint density at radius 3 is 2.83 bits per heavy atom. The first-order valence-corrected chi connectivity index (χ1v) is 6.42. The van der Waals surface area contributed by atoms with Crippen LogP contribution in [-0.2, 0) is 4.79 Å². The number of likely N-dealkylation sites (tertiary alicyclic amines) is 1. The van der Waals surface area contributed by atoms with Crippen molar-refractivity contribution in [2.45, 2.75) is 25.3 Å². The van der Waals surface area contributed by atoms with Crippen molar-refractivity contribution in [2.24, 2.45) is 0 Å². The molecule has 98 valence electrons. The minimum Gasteiger partial charge on any atom is -0.492 e. The predicted molar refractivity (Wildman–Crippen MR) is 68.8 cm³/mol. The fraction of sp³-hybridized carbons (Fsp3) is 0.500. The number of para-hydroxylation sites is 1. The first kappa shape index (κ1) is 12.9. The summed E-state index contributed by atoms with van der Waals surface area (Å²) >= 11 is 0. The van der Waals surface area contributed by atoms with Crippen LogP contribution in [0.5, 0.6) is 5.75 Å². The van der Waals surface area contributed by atoms with Gasteiger partial charge in [-0.15, -0.1) is 0 Å². The van der Waals surface area contributed by atoms with Gasteiger partial charge >= 0.3 is 5.97 Å². The number of hydrogen-bond acceptors (Lipinski definition) is 3. The predicted octanol–water partition coefficient (Wildman–Crippen LogP) is 2.00. The van der Waals surface area contributed by atoms with E-state index >= 15 is 0 Å². The summed E-state index contributed by atoms with van der Waals surface area (Å²) < 4.78 is 5.60. The number of ether oxygens (including phenoxy) is 1. The number of carbonyl (C=O) groups is 1. The third-order valence-electron chi connectivity index (χ3n) is 3.29. The SMILES string of the molecule is O=C(O)C1CCCCN1CCOc1ccccc1. The van der Waals surface area contributed by atoms with Gasteiger partial charge in [-0.05, 0) is 31.5 Å². The summed E-state index contributed by atoms with van der Waals surface area (Å²) in [4.78, 5) is 13.1. The molecular formula is C14H19NO3. The maximum atomic E-state index is 11.1. The minimum atomic E-state index is -0.714. The van der Waals surface area contributed by atoms with Gasteiger partial charge in [0.2, 0.25) is 0 Å². The van der Waals surface area contributed by atoms with Crippen LogP contribution in [0, 0.1) is 0 Å². The highest BCUT2D eigenvalue weighted by atomic mass is 16.5. The first-order chi connectivity index (χ1) is 8.77. The minimum absolute atomic E-state index is 0.335. The number of aliphatic carboxylic acids is 1. The normalized spacial score (nSPS) is 20.6. The van der Waals surface area contributed by atoms with Crippen LogP contribution in [-0.4, -0.2) is 41.7 Å². The molecule has 1 atom stereocenters. The van der Waals surface area contributed by atoms with Crippen molar-refractivity contribution in [2.75, 3.05) is 19.7 Å². The zero-order valence-corrected chi connectivity index (χ0v) is 10.4. The molecule has 4 heteroatoms. The third-order valence-corrected chi connectivity index (χ3v) is 3.29. The van der Waals surface area contributed by atoms with Crippen molar-refractivity contribution in [1.82, 2.24) is 4.90 Å². The van der Waals surface area contributed by atoms with Crippen LogP contribution in [0.2, 0.25) is 0 Å². The molecular weight excluding hydrogens is 230 g/mol. The van der Waals surface area contributed by atoms with E-state index in [1.54, 1.807) is 0 Å². The molecule has 0 aliphatic carbocycles. The summed E-state index contributed by atoms with van der Waals surface area (Å²) in [5.41, 5.74) is 0. The zero-order chi connectivity index (χ0) is 12.8. The molecule has 4 nitrogen and oxygen atoms in total. The molecule has 18 heavy (non-hydrogen) atoms. The van der Waals surface area contributed by atoms with E-state index in [4.69, 9.17) is 9.84 Å². The van der Waals surface area contributed by atoms with Gasteiger partial charge in [-0.2, -0.15) is 0 Å². The molecule has 0 amide bonds. The van der Waals surface area contributed by atoms with Gasteiger partial charge < -0.3 is 9.84 Å². The average Bonchev–Trinajstić information content (AvgIpc) is 2.40. The summed E-state index contributed by atoms with van der Waals surface area (Å²) in [6.07, 6.45) is 2.84. The quantitative estimate of drug-likeness (QED) is 0.867. The molecule has 1 aromatic rings. The van der Waals surface area contributed by atoms with Crippen LogP contribution in [0.1, 0.15) is 19.3 Å². The Labute approximate surface area is 107 Å². The number of nitrogens with zero attached hydrogens (tertiary/aromatic N) is 1. The Morgan fingerprint density at radius 1 is 1.33 bits per heavy atom. The molecule has 1 aliphatic rings. The monoisotopic (exact) mass is 249 g/mol. The summed E-state index contributed by atoms with van der Waals surface area (Å²) in [6, 6.07) is 9.28. The molecule has 0 radical (unpaired) electrons. The van der Waals surface area contributed by atoms with Crippen molar-refractivity contribution in [3.8, 4) is 5.75 Å². The van der Waals surface area contributed by atoms with Gasteiger partial charge in [0.05, 0.1) is 0 Å². The summed E-state index contributed by atoms with van der Waals surface area (Å²) in [5.74, 6) is 0.121. The van der Waals surface area contributed by atoms with E-state index < -0.39 is 5.97 Å². The van der Waals surface area contributed by atoms with E-state index in [0.717, 1.165) is 31.6 Å². The van der Waals surface area contributed by atoms with E-state index in [1.807, 2.05) is 35.2 Å². The second-order valence-corrected chi connectivity index (χ2v) is 4.55. The van der Waals surface area contributed by atoms with E-state index in [-0.39, 0.29) is 6.04 Å². The van der Waals surface area contributed by atoms with Crippen LogP contribution >= 0.6 is 0 Å². The molecule has 1 fully saturated rings. The Morgan fingerprint density at radius 2 is 2.11 bits per heavy atom. The van der Waals surface area contributed by atoms with Gasteiger partial charge in [0.15, 0.2) is 0 Å². The largest absolute Gasteiger partial charge is 0.492 e. The van der Waals surface area contributed by atoms with Crippen LogP contribution < -0.4 is 4.74 Å². The molecule has 0 spiro atoms. The fourth-order valence-electron chi connectivity index (χ4n) is 2.34. The molecule has 1 saturated heterocycles. The fourth-order valence-corrected chi connectivity index (χ4v) is 2.34. The van der Waals surface area contributed by atoms with Crippen molar-refractivity contribution < 1.29 is 14.6 Å². The number of hydrogen-bond donors (Lipinski definition) is 1. The molecule has 1 unspecified atom stereocenters. The molecule has 2 rings (SSSR count). The topological polar surface area (TPSA) is 49.8 Å². The molecule has 0 bridgehead atoms. The van der Waals surface area contributed by atoms with Gasteiger partial charge in [0.1, 0.15) is 18.4 Å². The average molecular weight is 249 g/mol. The molecule has 0 aromatic heterocycles. The van der Waals surface area contributed by atoms with Crippen LogP contribution in [0.3, 0.4) is 0 Å². The number of benzene rings is 1. The zero-order valence-electron chi connectivity index (χ0n) is 10.4. The number of carboxylic acid groups (broad SMARTS) is 1. The maximum absolute atomic E-state index is 11.1. The highest BCUT2D eigenvalue weighted by molar-refractivity contribution is 5.73. The van der Waals surface area contributed by atoms with E-state index in [2.05, 4.69) is 0 Å². The lowest BCUT2D eigenvalue weighted by atomic mass is 10.0. The number of rotatable bonds is 5. The second kappa shape index (κ2) is 6.40. The van der Waals surface area contributed by atoms with Crippen LogP contribution in [0.25, 0.3) is 0 Å². The Kier molecular flexibility index (Phi) is 4.59. The summed E-state index contributed by atoms with van der Waals surface area (Å²) in [6.45, 7) is 2.06. The summed E-state index contributed by atoms with van der Waals surface area (Å²) in [7, 11) is 0. The van der Waals surface area contributed by atoms with Gasteiger partial charge in [-0.25, -0.2) is 0 Å². The van der Waals surface area contributed by atoms with E-state index in [1.165, 1.54) is 0 Å². The van der Waals surface area contributed by atoms with Crippen molar-refractivity contribution in [3.63, 3.8) is 0 Å². The number of piperidine rings is 1. The van der Waals surface area contributed by atoms with Crippen molar-refractivity contribution in [3.05, 3.63) is 30.3 Å². The van der Waals surface area contributed by atoms with Crippen LogP contribution in [0.15, 0.2) is 30.3 Å². The van der Waals surface area contributed by atoms with Gasteiger partial charge in [-0.3, -0.25) is 9.69 Å². The first-order valence-electron chi connectivity index (χ1n) is 6.42. The Hall–Kier alpha value is -1.55. The smallest absolute Gasteiger partial charge is 0.320 e. The lowest BCUT2D eigenvalue weighted by Gasteiger charge is -2.32. The highest BCUT2D eigenvalue weighted by Crippen LogP contribution is 2.17. The van der Waals surface area contributed by atoms with Gasteiger partial charge in [-0.1, -0.05) is 24.6 Å². The van der Waals surface area contributed by atoms with Crippen molar-refractivity contribution in [1.29, 1.82) is 0 Å². The van der Waals surface area contributed by atoms with Gasteiger partial charge in [0.25, 0.3) is 0 Å². The lowest BCUT2D eigenvalue weighted by Crippen LogP contribution is -2.46. The standard InChI is InChI=1S/C14H19NO3/c16-14(17)13-8-4-5-9-15(13)10-11-18-12-6-2-1-3-7-12/h1-3,6-7,13H,4-5,8-11H2,(H,16,17). The number of carboxylic acids is 1. The molecule has 1 N–H and O–H groups in total. The summed E-state index contributed by atoms with van der Waals surface area (Å²) in [5, 5.41) is 9.14. The molecule has 1 heterocycles. The highest BCUT2D eigenvalue weighted by Gasteiger charge is 2.27. The second-order valence-electron chi connectivity index (χ2n) is 4.55. The molecule has 0 saturated carbocycles. The van der Waals surface area contributed by atoms with E-state index in [9.17, 15) is 4.79 Å². The Balaban J connectivity index is 1.79. The van der Waals surface area contributed by atoms with Gasteiger partial charge in [0, 0.05) is 6.54 Å². The molecule has 1 aromatic carbocycles. The lowest BCUT2D eigenvalue weighted by molar-refractivity contribution is -0.144. The molecule has 1 aliphatic heterocycles. The maximum Gasteiger partial charge on any atom is 0.320 e. The van der Waals surface area contributed by atoms with Crippen molar-refractivity contribution >= 4 is 5.97 Å².